The van der Waals surface area contributed by atoms with E-state index in [0.29, 0.717) is 5.57 Å². The maximum absolute atomic E-state index is 12.6. The second-order valence-electron chi connectivity index (χ2n) is 2.19. The highest BCUT2D eigenvalue weighted by Gasteiger charge is 2.04. The maximum Gasteiger partial charge on any atom is 0.140 e. The monoisotopic (exact) mass is 142 g/mol. The van der Waals surface area contributed by atoms with Gasteiger partial charge in [-0.15, -0.1) is 0 Å². The van der Waals surface area contributed by atoms with Crippen LogP contribution in [-0.2, 0) is 0 Å². The van der Waals surface area contributed by atoms with Gasteiger partial charge in [0.25, 0.3) is 0 Å². The molecule has 2 heteroatoms. The predicted molar refractivity (Wildman–Crippen MR) is 37.0 cm³/mol. The van der Waals surface area contributed by atoms with Gasteiger partial charge >= 0.3 is 0 Å². The van der Waals surface area contributed by atoms with E-state index in [4.69, 9.17) is 0 Å². The van der Waals surface area contributed by atoms with Gasteiger partial charge in [-0.2, -0.15) is 0 Å². The molecule has 0 bridgehead atoms. The van der Waals surface area contributed by atoms with Crippen LogP contribution in [0.2, 0.25) is 0 Å². The Labute approximate surface area is 58.6 Å². The first-order valence-corrected chi connectivity index (χ1v) is 3.07. The fourth-order valence-electron chi connectivity index (χ4n) is 0.712. The minimum atomic E-state index is -1.28. The summed E-state index contributed by atoms with van der Waals surface area (Å²) in [7, 11) is 0. The second kappa shape index (κ2) is 2.78. The van der Waals surface area contributed by atoms with Gasteiger partial charge in [0.2, 0.25) is 0 Å². The van der Waals surface area contributed by atoms with E-state index in [0.717, 1.165) is 6.08 Å². The average Bonchev–Trinajstić information content (AvgIpc) is 1.96. The van der Waals surface area contributed by atoms with Crippen molar-refractivity contribution in [2.45, 2.75) is 13.1 Å². The second-order valence-corrected chi connectivity index (χ2v) is 2.19. The van der Waals surface area contributed by atoms with Crippen LogP contribution in [0.5, 0.6) is 0 Å². The Morgan fingerprint density at radius 2 is 2.20 bits per heavy atom. The van der Waals surface area contributed by atoms with Crippen molar-refractivity contribution in [3.8, 4) is 0 Å². The Bertz CT molecular complexity index is 211. The van der Waals surface area contributed by atoms with Crippen molar-refractivity contribution in [2.24, 2.45) is 0 Å². The minimum Gasteiger partial charge on any atom is -0.238 e. The van der Waals surface area contributed by atoms with Crippen LogP contribution >= 0.6 is 0 Å². The molecule has 0 amide bonds. The van der Waals surface area contributed by atoms with Crippen molar-refractivity contribution in [1.82, 2.24) is 0 Å². The highest BCUT2D eigenvalue weighted by molar-refractivity contribution is 5.32. The van der Waals surface area contributed by atoms with Crippen LogP contribution in [0, 0.1) is 0 Å². The van der Waals surface area contributed by atoms with Crippen molar-refractivity contribution in [2.75, 3.05) is 0 Å². The van der Waals surface area contributed by atoms with E-state index in [9.17, 15) is 8.78 Å². The molecule has 0 radical (unpaired) electrons. The Hall–Kier alpha value is -0.920. The van der Waals surface area contributed by atoms with E-state index in [1.807, 2.05) is 0 Å². The molecule has 0 nitrogen and oxygen atoms in total. The molecule has 0 aliphatic heterocycles. The summed E-state index contributed by atoms with van der Waals surface area (Å²) < 4.78 is 25.0. The number of rotatable bonds is 0. The van der Waals surface area contributed by atoms with Gasteiger partial charge in [0, 0.05) is 0 Å². The predicted octanol–water partition coefficient (Wildman–Crippen LogP) is 2.69. The summed E-state index contributed by atoms with van der Waals surface area (Å²) in [6.45, 7) is 1.61. The molecule has 0 N–H and O–H groups in total. The Morgan fingerprint density at radius 3 is 2.90 bits per heavy atom. The normalized spacial score (nSPS) is 25.3. The third kappa shape index (κ3) is 1.53. The van der Waals surface area contributed by atoms with E-state index in [2.05, 4.69) is 0 Å². The van der Waals surface area contributed by atoms with Crippen LogP contribution in [0.1, 0.15) is 6.92 Å². The van der Waals surface area contributed by atoms with E-state index in [1.165, 1.54) is 12.2 Å². The molecule has 1 rings (SSSR count). The zero-order valence-corrected chi connectivity index (χ0v) is 5.64. The molecular weight excluding hydrogens is 134 g/mol. The summed E-state index contributed by atoms with van der Waals surface area (Å²) in [4.78, 5) is 0. The van der Waals surface area contributed by atoms with Crippen molar-refractivity contribution in [3.05, 3.63) is 35.7 Å². The molecule has 10 heavy (non-hydrogen) atoms. The van der Waals surface area contributed by atoms with Crippen LogP contribution in [0.3, 0.4) is 0 Å². The van der Waals surface area contributed by atoms with Crippen LogP contribution in [0.15, 0.2) is 35.7 Å². The smallest absolute Gasteiger partial charge is 0.140 e. The quantitative estimate of drug-likeness (QED) is 0.487. The zero-order valence-electron chi connectivity index (χ0n) is 5.64. The summed E-state index contributed by atoms with van der Waals surface area (Å²) >= 11 is 0. The number of halogens is 2. The van der Waals surface area contributed by atoms with Crippen LogP contribution in [0.4, 0.5) is 8.78 Å². The van der Waals surface area contributed by atoms with Crippen LogP contribution in [-0.4, -0.2) is 6.17 Å². The van der Waals surface area contributed by atoms with E-state index >= 15 is 0 Å². The third-order valence-electron chi connectivity index (χ3n) is 1.32. The number of alkyl halides is 1. The molecule has 1 aliphatic carbocycles. The first kappa shape index (κ1) is 7.19. The molecule has 0 spiro atoms. The summed E-state index contributed by atoms with van der Waals surface area (Å²) in [5.41, 5.74) is 0.469. The molecular formula is C8H8F2. The number of hydrogen-bond donors (Lipinski definition) is 0. The largest absolute Gasteiger partial charge is 0.238 e. The maximum atomic E-state index is 12.6. The van der Waals surface area contributed by atoms with Crippen molar-refractivity contribution < 1.29 is 8.78 Å². The molecule has 0 saturated heterocycles. The van der Waals surface area contributed by atoms with Gasteiger partial charge in [-0.05, 0) is 24.6 Å². The third-order valence-corrected chi connectivity index (χ3v) is 1.32. The Morgan fingerprint density at radius 1 is 1.50 bits per heavy atom. The molecule has 0 aromatic carbocycles. The molecule has 0 fully saturated rings. The molecule has 0 aromatic rings. The molecule has 0 saturated carbocycles. The summed E-state index contributed by atoms with van der Waals surface area (Å²) in [5, 5.41) is 0. The zero-order chi connectivity index (χ0) is 7.56. The first-order valence-electron chi connectivity index (χ1n) is 3.07. The standard InChI is InChI=1S/C8H8F2/c1-6-3-2-4-7(9)5-8(6)10/h2-5,7H,1H3. The lowest BCUT2D eigenvalue weighted by Gasteiger charge is -1.93. The van der Waals surface area contributed by atoms with Crippen LogP contribution < -0.4 is 0 Å². The summed E-state index contributed by atoms with van der Waals surface area (Å²) in [6, 6.07) is 0. The topological polar surface area (TPSA) is 0 Å². The highest BCUT2D eigenvalue weighted by atomic mass is 19.1. The molecule has 1 atom stereocenters. The summed E-state index contributed by atoms with van der Waals surface area (Å²) in [5.74, 6) is -0.475. The molecule has 1 aliphatic rings. The van der Waals surface area contributed by atoms with Gasteiger partial charge in [0.15, 0.2) is 0 Å². The highest BCUT2D eigenvalue weighted by Crippen LogP contribution is 2.16. The average molecular weight is 142 g/mol. The van der Waals surface area contributed by atoms with Crippen molar-refractivity contribution in [3.63, 3.8) is 0 Å². The van der Waals surface area contributed by atoms with E-state index < -0.39 is 12.0 Å². The lowest BCUT2D eigenvalue weighted by atomic mass is 10.2. The number of allylic oxidation sites excluding steroid dienone is 6. The Kier molecular flexibility index (Phi) is 2.00. The van der Waals surface area contributed by atoms with Gasteiger partial charge in [0.05, 0.1) is 0 Å². The van der Waals surface area contributed by atoms with Gasteiger partial charge in [-0.25, -0.2) is 8.78 Å². The van der Waals surface area contributed by atoms with Gasteiger partial charge in [0.1, 0.15) is 12.0 Å². The molecule has 0 heterocycles. The first-order chi connectivity index (χ1) is 4.70. The number of hydrogen-bond acceptors (Lipinski definition) is 0. The van der Waals surface area contributed by atoms with Gasteiger partial charge < -0.3 is 0 Å². The summed E-state index contributed by atoms with van der Waals surface area (Å²) in [6.07, 6.45) is 4.04. The van der Waals surface area contributed by atoms with E-state index in [-0.39, 0.29) is 0 Å². The van der Waals surface area contributed by atoms with Crippen molar-refractivity contribution >= 4 is 0 Å². The SMILES string of the molecule is CC1=CC=CC(F)C=C1F. The van der Waals surface area contributed by atoms with Crippen molar-refractivity contribution in [1.29, 1.82) is 0 Å². The molecule has 1 unspecified atom stereocenters. The minimum absolute atomic E-state index is 0.469. The molecule has 0 aromatic heterocycles. The van der Waals surface area contributed by atoms with Crippen LogP contribution in [0.25, 0.3) is 0 Å². The van der Waals surface area contributed by atoms with Gasteiger partial charge in [-0.3, -0.25) is 0 Å². The fraction of sp³-hybridized carbons (Fsp3) is 0.250. The Balaban J connectivity index is 2.90. The lowest BCUT2D eigenvalue weighted by molar-refractivity contribution is 0.460. The van der Waals surface area contributed by atoms with E-state index in [1.54, 1.807) is 13.0 Å². The molecule has 54 valence electrons. The lowest BCUT2D eigenvalue weighted by Crippen LogP contribution is -1.87. The van der Waals surface area contributed by atoms with Gasteiger partial charge in [-0.1, -0.05) is 12.2 Å². The fourth-order valence-corrected chi connectivity index (χ4v) is 0.712.